The molecule has 0 aliphatic carbocycles. The van der Waals surface area contributed by atoms with Crippen molar-refractivity contribution in [2.24, 2.45) is 0 Å². The predicted molar refractivity (Wildman–Crippen MR) is 82.8 cm³/mol. The Balaban J connectivity index is 1.71. The van der Waals surface area contributed by atoms with Gasteiger partial charge >= 0.3 is 12.6 Å². The molecule has 2 amide bonds. The van der Waals surface area contributed by atoms with Gasteiger partial charge in [0.1, 0.15) is 11.6 Å². The van der Waals surface area contributed by atoms with Crippen LogP contribution in [0, 0.1) is 5.82 Å². The quantitative estimate of drug-likeness (QED) is 0.917. The Labute approximate surface area is 138 Å². The average Bonchev–Trinajstić information content (AvgIpc) is 2.74. The fourth-order valence-corrected chi connectivity index (χ4v) is 3.49. The summed E-state index contributed by atoms with van der Waals surface area (Å²) in [4.78, 5) is 16.4. The Morgan fingerprint density at radius 3 is 2.79 bits per heavy atom. The minimum Gasteiger partial charge on any atom is -0.433 e. The molecule has 24 heavy (non-hydrogen) atoms. The van der Waals surface area contributed by atoms with Gasteiger partial charge in [-0.2, -0.15) is 8.78 Å². The number of anilines is 1. The molecule has 1 N–H and O–H groups in total. The molecule has 0 spiro atoms. The first-order chi connectivity index (χ1) is 11.4. The number of nitrogens with zero attached hydrogens (tertiary/aromatic N) is 2. The van der Waals surface area contributed by atoms with Crippen LogP contribution in [0.15, 0.2) is 18.2 Å². The second-order valence-corrected chi connectivity index (χ2v) is 6.23. The van der Waals surface area contributed by atoms with Crippen molar-refractivity contribution in [1.82, 2.24) is 9.80 Å². The molecular weight excluding hydrogens is 323 g/mol. The molecule has 2 heterocycles. The van der Waals surface area contributed by atoms with Crippen LogP contribution in [0.5, 0.6) is 5.75 Å². The Morgan fingerprint density at radius 2 is 2.04 bits per heavy atom. The zero-order valence-electron chi connectivity index (χ0n) is 13.3. The van der Waals surface area contributed by atoms with Gasteiger partial charge in [-0.3, -0.25) is 4.90 Å². The van der Waals surface area contributed by atoms with Gasteiger partial charge in [0.2, 0.25) is 0 Å². The van der Waals surface area contributed by atoms with Crippen LogP contribution in [0.25, 0.3) is 0 Å². The molecule has 3 rings (SSSR count). The number of hydrogen-bond donors (Lipinski definition) is 1. The minimum absolute atomic E-state index is 0.0944. The van der Waals surface area contributed by atoms with E-state index in [1.807, 2.05) is 0 Å². The summed E-state index contributed by atoms with van der Waals surface area (Å²) in [5.74, 6) is -0.894. The van der Waals surface area contributed by atoms with Gasteiger partial charge in [0.25, 0.3) is 0 Å². The van der Waals surface area contributed by atoms with Crippen molar-refractivity contribution in [3.8, 4) is 5.75 Å². The van der Waals surface area contributed by atoms with Crippen LogP contribution in [-0.2, 0) is 0 Å². The maximum Gasteiger partial charge on any atom is 0.387 e. The summed E-state index contributed by atoms with van der Waals surface area (Å²) in [6, 6.07) is 3.40. The molecular formula is C16H20F3N3O2. The molecule has 2 aliphatic heterocycles. The van der Waals surface area contributed by atoms with Crippen LogP contribution in [0.2, 0.25) is 0 Å². The normalized spacial score (nSPS) is 24.1. The number of benzene rings is 1. The van der Waals surface area contributed by atoms with Crippen molar-refractivity contribution in [3.63, 3.8) is 0 Å². The number of likely N-dealkylation sites (tertiary alicyclic amines) is 1. The Morgan fingerprint density at radius 1 is 1.29 bits per heavy atom. The zero-order chi connectivity index (χ0) is 17.3. The maximum atomic E-state index is 13.4. The molecule has 132 valence electrons. The summed E-state index contributed by atoms with van der Waals surface area (Å²) in [5, 5.41) is 2.50. The van der Waals surface area contributed by atoms with E-state index < -0.39 is 18.5 Å². The minimum atomic E-state index is -3.05. The van der Waals surface area contributed by atoms with Crippen molar-refractivity contribution in [2.45, 2.75) is 38.0 Å². The average molecular weight is 343 g/mol. The summed E-state index contributed by atoms with van der Waals surface area (Å²) in [6.45, 7) is -1.90. The number of fused-ring (bicyclic) bond motifs is 2. The van der Waals surface area contributed by atoms with Crippen LogP contribution < -0.4 is 10.1 Å². The molecule has 1 aromatic carbocycles. The van der Waals surface area contributed by atoms with Gasteiger partial charge in [-0.1, -0.05) is 0 Å². The van der Waals surface area contributed by atoms with Crippen LogP contribution in [-0.4, -0.2) is 54.7 Å². The monoisotopic (exact) mass is 343 g/mol. The lowest BCUT2D eigenvalue weighted by Gasteiger charge is -2.26. The van der Waals surface area contributed by atoms with E-state index in [-0.39, 0.29) is 11.4 Å². The predicted octanol–water partition coefficient (Wildman–Crippen LogP) is 3.13. The summed E-state index contributed by atoms with van der Waals surface area (Å²) < 4.78 is 42.6. The fraction of sp³-hybridized carbons (Fsp3) is 0.562. The van der Waals surface area contributed by atoms with E-state index in [0.717, 1.165) is 37.5 Å². The van der Waals surface area contributed by atoms with Gasteiger partial charge in [0.05, 0.1) is 5.69 Å². The Hall–Kier alpha value is -1.96. The topological polar surface area (TPSA) is 44.8 Å². The molecule has 2 bridgehead atoms. The summed E-state index contributed by atoms with van der Waals surface area (Å²) >= 11 is 0. The van der Waals surface area contributed by atoms with E-state index in [1.165, 1.54) is 0 Å². The molecule has 2 aliphatic rings. The van der Waals surface area contributed by atoms with Crippen LogP contribution >= 0.6 is 0 Å². The highest BCUT2D eigenvalue weighted by atomic mass is 19.3. The lowest BCUT2D eigenvalue weighted by atomic mass is 10.1. The maximum absolute atomic E-state index is 13.4. The number of carbonyl (C=O) groups excluding carboxylic acids is 1. The summed E-state index contributed by atoms with van der Waals surface area (Å²) in [7, 11) is 2.06. The zero-order valence-corrected chi connectivity index (χ0v) is 13.3. The molecule has 2 atom stereocenters. The molecule has 5 nitrogen and oxygen atoms in total. The van der Waals surface area contributed by atoms with Gasteiger partial charge in [-0.05, 0) is 38.4 Å². The largest absolute Gasteiger partial charge is 0.433 e. The lowest BCUT2D eigenvalue weighted by molar-refractivity contribution is -0.0494. The molecule has 8 heteroatoms. The fourth-order valence-electron chi connectivity index (χ4n) is 3.49. The number of nitrogens with one attached hydrogen (secondary N) is 1. The van der Waals surface area contributed by atoms with Crippen molar-refractivity contribution in [1.29, 1.82) is 0 Å². The molecule has 2 fully saturated rings. The second kappa shape index (κ2) is 6.88. The number of alkyl halides is 2. The number of carbonyl (C=O) groups is 1. The number of likely N-dealkylation sites (N-methyl/N-ethyl adjacent to an activating group) is 1. The first-order valence-electron chi connectivity index (χ1n) is 7.96. The van der Waals surface area contributed by atoms with E-state index in [1.54, 1.807) is 4.90 Å². The summed E-state index contributed by atoms with van der Waals surface area (Å²) in [5.41, 5.74) is -0.0944. The highest BCUT2D eigenvalue weighted by Gasteiger charge is 2.36. The first kappa shape index (κ1) is 16.9. The van der Waals surface area contributed by atoms with Crippen molar-refractivity contribution in [2.75, 3.05) is 25.5 Å². The lowest BCUT2D eigenvalue weighted by Crippen LogP contribution is -2.41. The number of ether oxygens (including phenoxy) is 1. The summed E-state index contributed by atoms with van der Waals surface area (Å²) in [6.07, 6.45) is 3.03. The first-order valence-corrected chi connectivity index (χ1v) is 7.96. The van der Waals surface area contributed by atoms with Crippen LogP contribution in [0.4, 0.5) is 23.7 Å². The smallest absolute Gasteiger partial charge is 0.387 e. The van der Waals surface area contributed by atoms with Crippen molar-refractivity contribution < 1.29 is 22.7 Å². The van der Waals surface area contributed by atoms with E-state index in [0.29, 0.717) is 25.2 Å². The molecule has 0 unspecified atom stereocenters. The van der Waals surface area contributed by atoms with E-state index in [9.17, 15) is 18.0 Å². The van der Waals surface area contributed by atoms with Crippen molar-refractivity contribution >= 4 is 11.7 Å². The Bertz CT molecular complexity index is 614. The van der Waals surface area contributed by atoms with E-state index >= 15 is 0 Å². The molecule has 0 aromatic heterocycles. The standard InChI is InChI=1S/C16H20F3N3O2/c1-21-11-3-4-12(21)9-22(7-6-11)16(23)20-13-8-10(17)2-5-14(13)24-15(18)19/h2,5,8,11-12,15H,3-4,6-7,9H2,1H3,(H,20,23)/t11-,12-/m0/s1. The number of rotatable bonds is 3. The third-order valence-corrected chi connectivity index (χ3v) is 4.83. The third-order valence-electron chi connectivity index (χ3n) is 4.83. The van der Waals surface area contributed by atoms with E-state index in [4.69, 9.17) is 0 Å². The number of urea groups is 1. The van der Waals surface area contributed by atoms with Gasteiger partial charge < -0.3 is 15.0 Å². The number of hydrogen-bond acceptors (Lipinski definition) is 3. The molecule has 2 saturated heterocycles. The van der Waals surface area contributed by atoms with E-state index in [2.05, 4.69) is 22.0 Å². The molecule has 0 saturated carbocycles. The SMILES string of the molecule is CN1[C@H]2CC[C@H]1CN(C(=O)Nc1cc(F)ccc1OC(F)F)CC2. The molecule has 0 radical (unpaired) electrons. The highest BCUT2D eigenvalue weighted by Crippen LogP contribution is 2.30. The van der Waals surface area contributed by atoms with Crippen LogP contribution in [0.3, 0.4) is 0 Å². The van der Waals surface area contributed by atoms with Crippen molar-refractivity contribution in [3.05, 3.63) is 24.0 Å². The number of amides is 2. The number of halogens is 3. The Kier molecular flexibility index (Phi) is 4.84. The third kappa shape index (κ3) is 3.58. The van der Waals surface area contributed by atoms with Gasteiger partial charge in [-0.25, -0.2) is 9.18 Å². The highest BCUT2D eigenvalue weighted by molar-refractivity contribution is 5.91. The van der Waals surface area contributed by atoms with Gasteiger partial charge in [-0.15, -0.1) is 0 Å². The van der Waals surface area contributed by atoms with Crippen LogP contribution in [0.1, 0.15) is 19.3 Å². The second-order valence-electron chi connectivity index (χ2n) is 6.23. The van der Waals surface area contributed by atoms with Gasteiger partial charge in [0, 0.05) is 31.2 Å². The van der Waals surface area contributed by atoms with Gasteiger partial charge in [0.15, 0.2) is 0 Å². The molecule has 1 aromatic rings.